The zero-order chi connectivity index (χ0) is 16.5. The third-order valence-electron chi connectivity index (χ3n) is 3.62. The van der Waals surface area contributed by atoms with Crippen molar-refractivity contribution in [3.05, 3.63) is 29.8 Å². The molecule has 0 amide bonds. The number of halogens is 1. The number of nitrogens with one attached hydrogen (secondary N) is 1. The fourth-order valence-electron chi connectivity index (χ4n) is 2.44. The quantitative estimate of drug-likeness (QED) is 0.325. The summed E-state index contributed by atoms with van der Waals surface area (Å²) in [5, 5.41) is 13.1. The largest absolute Gasteiger partial charge is 0.390 e. The van der Waals surface area contributed by atoms with Crippen molar-refractivity contribution >= 4 is 35.6 Å². The fraction of sp³-hybridized carbons (Fsp3) is 0.562. The van der Waals surface area contributed by atoms with Gasteiger partial charge in [-0.2, -0.15) is 0 Å². The Bertz CT molecular complexity index is 510. The first-order valence-electron chi connectivity index (χ1n) is 7.81. The standard InChI is InChI=1S/C16H26N4O3.HI/c1-22-12-13-4-2-3-5-15(13)19-16(17)18-10-14(21)11-20-6-8-23-9-7-20;/h2-5,14,21H,6-12H2,1H3,(H3,17,18,19);1H. The van der Waals surface area contributed by atoms with Crippen LogP contribution in [0.1, 0.15) is 5.56 Å². The van der Waals surface area contributed by atoms with Gasteiger partial charge in [-0.3, -0.25) is 9.89 Å². The summed E-state index contributed by atoms with van der Waals surface area (Å²) in [4.78, 5) is 6.39. The first-order valence-corrected chi connectivity index (χ1v) is 7.81. The van der Waals surface area contributed by atoms with Crippen molar-refractivity contribution in [2.75, 3.05) is 51.8 Å². The van der Waals surface area contributed by atoms with Crippen LogP contribution < -0.4 is 11.1 Å². The highest BCUT2D eigenvalue weighted by Gasteiger charge is 2.14. The van der Waals surface area contributed by atoms with Crippen molar-refractivity contribution in [1.29, 1.82) is 0 Å². The second-order valence-corrected chi connectivity index (χ2v) is 5.51. The average Bonchev–Trinajstić information content (AvgIpc) is 2.56. The number of benzene rings is 1. The van der Waals surface area contributed by atoms with E-state index in [4.69, 9.17) is 15.2 Å². The van der Waals surface area contributed by atoms with E-state index in [1.165, 1.54) is 0 Å². The number of rotatable bonds is 7. The molecule has 136 valence electrons. The predicted molar refractivity (Wildman–Crippen MR) is 106 cm³/mol. The van der Waals surface area contributed by atoms with E-state index in [2.05, 4.69) is 15.2 Å². The molecule has 1 aliphatic heterocycles. The minimum absolute atomic E-state index is 0. The summed E-state index contributed by atoms with van der Waals surface area (Å²) in [5.74, 6) is 0.287. The number of guanidine groups is 1. The summed E-state index contributed by atoms with van der Waals surface area (Å²) in [7, 11) is 1.65. The number of anilines is 1. The maximum Gasteiger partial charge on any atom is 0.193 e. The van der Waals surface area contributed by atoms with Crippen LogP contribution in [0, 0.1) is 0 Å². The van der Waals surface area contributed by atoms with E-state index in [1.54, 1.807) is 7.11 Å². The Labute approximate surface area is 160 Å². The molecule has 2 rings (SSSR count). The van der Waals surface area contributed by atoms with Crippen LogP contribution in [0.5, 0.6) is 0 Å². The molecule has 24 heavy (non-hydrogen) atoms. The molecule has 1 saturated heterocycles. The van der Waals surface area contributed by atoms with Gasteiger partial charge >= 0.3 is 0 Å². The third-order valence-corrected chi connectivity index (χ3v) is 3.62. The molecule has 1 aliphatic rings. The molecule has 0 bridgehead atoms. The molecular weight excluding hydrogens is 423 g/mol. The number of nitrogens with zero attached hydrogens (tertiary/aromatic N) is 2. The minimum Gasteiger partial charge on any atom is -0.390 e. The Kier molecular flexibility index (Phi) is 10.2. The van der Waals surface area contributed by atoms with Gasteiger partial charge in [-0.25, -0.2) is 0 Å². The van der Waals surface area contributed by atoms with Crippen molar-refractivity contribution in [2.24, 2.45) is 10.7 Å². The number of para-hydroxylation sites is 1. The average molecular weight is 450 g/mol. The smallest absolute Gasteiger partial charge is 0.193 e. The third kappa shape index (κ3) is 7.31. The maximum atomic E-state index is 10.1. The van der Waals surface area contributed by atoms with E-state index < -0.39 is 6.10 Å². The van der Waals surface area contributed by atoms with Crippen molar-refractivity contribution in [1.82, 2.24) is 4.90 Å². The van der Waals surface area contributed by atoms with Crippen LogP contribution >= 0.6 is 24.0 Å². The molecule has 0 aromatic heterocycles. The number of hydrogen-bond acceptors (Lipinski definition) is 5. The highest BCUT2D eigenvalue weighted by Crippen LogP contribution is 2.15. The first-order chi connectivity index (χ1) is 11.2. The number of hydrogen-bond donors (Lipinski definition) is 3. The predicted octanol–water partition coefficient (Wildman–Crippen LogP) is 0.871. The molecule has 1 heterocycles. The van der Waals surface area contributed by atoms with Crippen molar-refractivity contribution in [3.8, 4) is 0 Å². The summed E-state index contributed by atoms with van der Waals surface area (Å²) >= 11 is 0. The number of aliphatic hydroxyl groups excluding tert-OH is 1. The number of ether oxygens (including phenoxy) is 2. The van der Waals surface area contributed by atoms with Gasteiger partial charge in [-0.1, -0.05) is 18.2 Å². The Hall–Kier alpha value is -0.940. The Balaban J connectivity index is 0.00000288. The number of aliphatic hydroxyl groups is 1. The van der Waals surface area contributed by atoms with Crippen LogP contribution in [0.25, 0.3) is 0 Å². The minimum atomic E-state index is -0.539. The zero-order valence-corrected chi connectivity index (χ0v) is 16.3. The number of morpholine rings is 1. The topological polar surface area (TPSA) is 92.3 Å². The molecule has 1 aromatic rings. The van der Waals surface area contributed by atoms with E-state index in [9.17, 15) is 5.11 Å². The van der Waals surface area contributed by atoms with Crippen molar-refractivity contribution in [2.45, 2.75) is 12.7 Å². The van der Waals surface area contributed by atoms with Crippen LogP contribution in [0.15, 0.2) is 29.3 Å². The number of methoxy groups -OCH3 is 1. The monoisotopic (exact) mass is 450 g/mol. The Morgan fingerprint density at radius 1 is 1.42 bits per heavy atom. The summed E-state index contributed by atoms with van der Waals surface area (Å²) in [5.41, 5.74) is 7.77. The highest BCUT2D eigenvalue weighted by molar-refractivity contribution is 14.0. The SMILES string of the molecule is COCc1ccccc1NC(N)=NCC(O)CN1CCOCC1.I. The molecule has 7 nitrogen and oxygen atoms in total. The Morgan fingerprint density at radius 3 is 2.83 bits per heavy atom. The van der Waals surface area contributed by atoms with E-state index in [0.29, 0.717) is 13.2 Å². The summed E-state index contributed by atoms with van der Waals surface area (Å²) in [6.07, 6.45) is -0.539. The van der Waals surface area contributed by atoms with Crippen molar-refractivity contribution < 1.29 is 14.6 Å². The van der Waals surface area contributed by atoms with Gasteiger partial charge in [0, 0.05) is 38.0 Å². The second kappa shape index (κ2) is 11.6. The zero-order valence-electron chi connectivity index (χ0n) is 14.0. The van der Waals surface area contributed by atoms with E-state index >= 15 is 0 Å². The molecule has 8 heteroatoms. The molecule has 1 atom stereocenters. The van der Waals surface area contributed by atoms with Gasteiger partial charge in [-0.05, 0) is 6.07 Å². The second-order valence-electron chi connectivity index (χ2n) is 5.51. The van der Waals surface area contributed by atoms with Crippen LogP contribution in [0.4, 0.5) is 5.69 Å². The number of nitrogens with two attached hydrogens (primary N) is 1. The maximum absolute atomic E-state index is 10.1. The van der Waals surface area contributed by atoms with E-state index in [0.717, 1.165) is 37.6 Å². The van der Waals surface area contributed by atoms with Gasteiger partial charge in [0.25, 0.3) is 0 Å². The highest BCUT2D eigenvalue weighted by atomic mass is 127. The lowest BCUT2D eigenvalue weighted by Gasteiger charge is -2.28. The number of aliphatic imine (C=N–C) groups is 1. The van der Waals surface area contributed by atoms with Gasteiger partial charge in [0.1, 0.15) is 0 Å². The lowest BCUT2D eigenvalue weighted by Crippen LogP contribution is -2.42. The first kappa shape index (κ1) is 21.1. The van der Waals surface area contributed by atoms with Gasteiger partial charge in [0.05, 0.1) is 32.5 Å². The van der Waals surface area contributed by atoms with E-state index in [1.807, 2.05) is 24.3 Å². The molecule has 1 aromatic carbocycles. The van der Waals surface area contributed by atoms with Gasteiger partial charge in [0.2, 0.25) is 0 Å². The van der Waals surface area contributed by atoms with Crippen LogP contribution in [-0.2, 0) is 16.1 Å². The molecule has 4 N–H and O–H groups in total. The van der Waals surface area contributed by atoms with E-state index in [-0.39, 0.29) is 36.5 Å². The summed E-state index contributed by atoms with van der Waals surface area (Å²) < 4.78 is 10.4. The number of β-amino-alcohol motifs (C(OH)–C–C–N with tert-alkyl or cyclic N) is 1. The molecule has 1 fully saturated rings. The molecule has 0 saturated carbocycles. The molecule has 1 unspecified atom stereocenters. The summed E-state index contributed by atoms with van der Waals surface area (Å²) in [6, 6.07) is 7.74. The van der Waals surface area contributed by atoms with Gasteiger partial charge < -0.3 is 25.6 Å². The normalized spacial score (nSPS) is 17.2. The lowest BCUT2D eigenvalue weighted by molar-refractivity contribution is 0.0165. The Morgan fingerprint density at radius 2 is 2.12 bits per heavy atom. The fourth-order valence-corrected chi connectivity index (χ4v) is 2.44. The molecule has 0 radical (unpaired) electrons. The van der Waals surface area contributed by atoms with Gasteiger partial charge in [0.15, 0.2) is 5.96 Å². The van der Waals surface area contributed by atoms with Gasteiger partial charge in [-0.15, -0.1) is 24.0 Å². The lowest BCUT2D eigenvalue weighted by atomic mass is 10.2. The van der Waals surface area contributed by atoms with Crippen LogP contribution in [0.3, 0.4) is 0 Å². The molecule has 0 aliphatic carbocycles. The van der Waals surface area contributed by atoms with Crippen molar-refractivity contribution in [3.63, 3.8) is 0 Å². The molecular formula is C16H27IN4O3. The van der Waals surface area contributed by atoms with Crippen LogP contribution in [-0.4, -0.2) is 68.6 Å². The molecule has 0 spiro atoms. The van der Waals surface area contributed by atoms with Crippen LogP contribution in [0.2, 0.25) is 0 Å². The summed E-state index contributed by atoms with van der Waals surface area (Å²) in [6.45, 7) is 4.48.